The monoisotopic (exact) mass is 126 g/mol. The van der Waals surface area contributed by atoms with Crippen molar-refractivity contribution in [2.75, 3.05) is 13.2 Å². The summed E-state index contributed by atoms with van der Waals surface area (Å²) in [6.45, 7) is 2.67. The van der Waals surface area contributed by atoms with E-state index < -0.39 is 0 Å². The second kappa shape index (κ2) is 5.13. The van der Waals surface area contributed by atoms with E-state index in [-0.39, 0.29) is 6.54 Å². The van der Waals surface area contributed by atoms with Crippen LogP contribution in [-0.2, 0) is 4.74 Å². The molecule has 2 N–H and O–H groups in total. The molecule has 0 aliphatic carbocycles. The van der Waals surface area contributed by atoms with Crippen molar-refractivity contribution in [2.45, 2.75) is 6.92 Å². The third-order valence-corrected chi connectivity index (χ3v) is 0.756. The van der Waals surface area contributed by atoms with Gasteiger partial charge in [0.15, 0.2) is 0 Å². The summed E-state index contributed by atoms with van der Waals surface area (Å²) in [5, 5.41) is 8.27. The van der Waals surface area contributed by atoms with Crippen LogP contribution >= 0.6 is 0 Å². The number of nitrogens with zero attached hydrogens (tertiary/aromatic N) is 1. The van der Waals surface area contributed by atoms with Crippen LogP contribution in [0.5, 0.6) is 0 Å². The van der Waals surface area contributed by atoms with Gasteiger partial charge in [0.05, 0.1) is 24.5 Å². The van der Waals surface area contributed by atoms with Crippen molar-refractivity contribution in [3.8, 4) is 6.07 Å². The zero-order valence-electron chi connectivity index (χ0n) is 5.42. The molecule has 0 unspecified atom stereocenters. The molecule has 0 amide bonds. The van der Waals surface area contributed by atoms with Gasteiger partial charge in [-0.25, -0.2) is 0 Å². The molecule has 0 aliphatic rings. The number of hydrogen-bond donors (Lipinski definition) is 1. The average molecular weight is 126 g/mol. The third-order valence-electron chi connectivity index (χ3n) is 0.756. The Hall–Kier alpha value is -1.01. The highest BCUT2D eigenvalue weighted by molar-refractivity contribution is 5.19. The summed E-state index contributed by atoms with van der Waals surface area (Å²) in [7, 11) is 0. The van der Waals surface area contributed by atoms with Crippen LogP contribution in [0.2, 0.25) is 0 Å². The van der Waals surface area contributed by atoms with E-state index in [0.29, 0.717) is 12.2 Å². The van der Waals surface area contributed by atoms with Crippen LogP contribution in [0.25, 0.3) is 0 Å². The Morgan fingerprint density at radius 1 is 1.89 bits per heavy atom. The molecule has 0 spiro atoms. The molecule has 0 rings (SSSR count). The summed E-state index contributed by atoms with van der Waals surface area (Å²) in [6, 6.07) is 1.90. The van der Waals surface area contributed by atoms with Gasteiger partial charge in [-0.1, -0.05) is 0 Å². The smallest absolute Gasteiger partial charge is 0.0993 e. The maximum atomic E-state index is 8.27. The summed E-state index contributed by atoms with van der Waals surface area (Å²) in [5.74, 6) is 0. The molecule has 0 saturated carbocycles. The molecule has 0 bridgehead atoms. The number of nitrogens with two attached hydrogens (primary N) is 1. The van der Waals surface area contributed by atoms with Crippen molar-refractivity contribution in [1.29, 1.82) is 5.26 Å². The quantitative estimate of drug-likeness (QED) is 0.439. The van der Waals surface area contributed by atoms with Crippen molar-refractivity contribution in [1.82, 2.24) is 0 Å². The van der Waals surface area contributed by atoms with E-state index in [1.165, 1.54) is 6.26 Å². The van der Waals surface area contributed by atoms with Crippen LogP contribution in [0.3, 0.4) is 0 Å². The predicted octanol–water partition coefficient (Wildman–Crippen LogP) is 0.389. The van der Waals surface area contributed by atoms with Gasteiger partial charge in [-0.15, -0.1) is 0 Å². The van der Waals surface area contributed by atoms with E-state index in [1.54, 1.807) is 0 Å². The van der Waals surface area contributed by atoms with Crippen LogP contribution in [-0.4, -0.2) is 13.2 Å². The van der Waals surface area contributed by atoms with Gasteiger partial charge in [0, 0.05) is 6.54 Å². The topological polar surface area (TPSA) is 59.0 Å². The highest BCUT2D eigenvalue weighted by atomic mass is 16.5. The molecule has 0 heterocycles. The summed E-state index contributed by atoms with van der Waals surface area (Å²) < 4.78 is 4.81. The fourth-order valence-electron chi connectivity index (χ4n) is 0.304. The van der Waals surface area contributed by atoms with E-state index in [4.69, 9.17) is 15.7 Å². The van der Waals surface area contributed by atoms with Gasteiger partial charge in [-0.3, -0.25) is 0 Å². The Morgan fingerprint density at radius 2 is 2.56 bits per heavy atom. The van der Waals surface area contributed by atoms with E-state index in [0.717, 1.165) is 0 Å². The Bertz CT molecular complexity index is 134. The molecule has 3 nitrogen and oxygen atoms in total. The average Bonchev–Trinajstić information content (AvgIpc) is 1.91. The van der Waals surface area contributed by atoms with Gasteiger partial charge in [0.2, 0.25) is 0 Å². The minimum Gasteiger partial charge on any atom is -0.500 e. The molecule has 50 valence electrons. The van der Waals surface area contributed by atoms with Gasteiger partial charge in [-0.05, 0) is 6.92 Å². The predicted molar refractivity (Wildman–Crippen MR) is 34.4 cm³/mol. The lowest BCUT2D eigenvalue weighted by Crippen LogP contribution is -2.01. The summed E-state index contributed by atoms with van der Waals surface area (Å²) in [6.07, 6.45) is 1.39. The Kier molecular flexibility index (Phi) is 4.56. The minimum atomic E-state index is 0.247. The first-order valence-electron chi connectivity index (χ1n) is 2.76. The zero-order chi connectivity index (χ0) is 7.11. The van der Waals surface area contributed by atoms with Crippen molar-refractivity contribution in [3.05, 3.63) is 11.8 Å². The fraction of sp³-hybridized carbons (Fsp3) is 0.500. The fourth-order valence-corrected chi connectivity index (χ4v) is 0.304. The normalized spacial score (nSPS) is 10.6. The first-order chi connectivity index (χ1) is 4.35. The summed E-state index contributed by atoms with van der Waals surface area (Å²) >= 11 is 0. The van der Waals surface area contributed by atoms with Crippen LogP contribution in [0.1, 0.15) is 6.92 Å². The molecule has 3 heteroatoms. The second-order valence-corrected chi connectivity index (χ2v) is 1.41. The summed E-state index contributed by atoms with van der Waals surface area (Å²) in [5.41, 5.74) is 5.62. The number of nitriles is 1. The second-order valence-electron chi connectivity index (χ2n) is 1.41. The van der Waals surface area contributed by atoms with Crippen molar-refractivity contribution in [2.24, 2.45) is 5.73 Å². The molecule has 0 radical (unpaired) electrons. The number of hydrogen-bond acceptors (Lipinski definition) is 3. The van der Waals surface area contributed by atoms with Crippen LogP contribution in [0.15, 0.2) is 11.8 Å². The van der Waals surface area contributed by atoms with Gasteiger partial charge < -0.3 is 10.5 Å². The molecule has 9 heavy (non-hydrogen) atoms. The van der Waals surface area contributed by atoms with Gasteiger partial charge in [0.1, 0.15) is 0 Å². The SMILES string of the molecule is CCOC=C(C#N)CN. The molecule has 0 aromatic carbocycles. The minimum absolute atomic E-state index is 0.247. The largest absolute Gasteiger partial charge is 0.500 e. The van der Waals surface area contributed by atoms with Gasteiger partial charge in [0.25, 0.3) is 0 Å². The Morgan fingerprint density at radius 3 is 2.89 bits per heavy atom. The van der Waals surface area contributed by atoms with Crippen LogP contribution < -0.4 is 5.73 Å². The molecular formula is C6H10N2O. The first kappa shape index (κ1) is 7.99. The molecule has 0 atom stereocenters. The molecule has 0 aromatic rings. The number of rotatable bonds is 3. The molecule has 0 saturated heterocycles. The van der Waals surface area contributed by atoms with E-state index in [9.17, 15) is 0 Å². The standard InChI is InChI=1S/C6H10N2O/c1-2-9-5-6(3-7)4-8/h5H,2-3,7H2,1H3. The van der Waals surface area contributed by atoms with Crippen LogP contribution in [0, 0.1) is 11.3 Å². The van der Waals surface area contributed by atoms with E-state index in [2.05, 4.69) is 0 Å². The highest BCUT2D eigenvalue weighted by Gasteiger charge is 1.87. The zero-order valence-corrected chi connectivity index (χ0v) is 5.42. The van der Waals surface area contributed by atoms with E-state index in [1.807, 2.05) is 13.0 Å². The van der Waals surface area contributed by atoms with Gasteiger partial charge >= 0.3 is 0 Å². The molecule has 0 fully saturated rings. The van der Waals surface area contributed by atoms with Gasteiger partial charge in [-0.2, -0.15) is 5.26 Å². The van der Waals surface area contributed by atoms with Crippen LogP contribution in [0.4, 0.5) is 0 Å². The molecule has 0 aromatic heterocycles. The van der Waals surface area contributed by atoms with E-state index >= 15 is 0 Å². The molecule has 0 aliphatic heterocycles. The van der Waals surface area contributed by atoms with Crippen molar-refractivity contribution >= 4 is 0 Å². The third kappa shape index (κ3) is 3.56. The molecular weight excluding hydrogens is 116 g/mol. The maximum absolute atomic E-state index is 8.27. The Balaban J connectivity index is 3.66. The summed E-state index contributed by atoms with van der Waals surface area (Å²) in [4.78, 5) is 0. The Labute approximate surface area is 54.7 Å². The first-order valence-corrected chi connectivity index (χ1v) is 2.76. The van der Waals surface area contributed by atoms with Crippen molar-refractivity contribution < 1.29 is 4.74 Å². The lowest BCUT2D eigenvalue weighted by Gasteiger charge is -1.93. The maximum Gasteiger partial charge on any atom is 0.0993 e. The van der Waals surface area contributed by atoms with Crippen molar-refractivity contribution in [3.63, 3.8) is 0 Å². The highest BCUT2D eigenvalue weighted by Crippen LogP contribution is 1.87. The lowest BCUT2D eigenvalue weighted by atomic mass is 10.3. The number of ether oxygens (including phenoxy) is 1. The lowest BCUT2D eigenvalue weighted by molar-refractivity contribution is 0.267.